The maximum atomic E-state index is 11.8. The molecule has 2 aliphatic heterocycles. The molecule has 3 rings (SSSR count). The molecule has 0 aliphatic carbocycles. The second-order valence-electron chi connectivity index (χ2n) is 6.79. The Hall–Kier alpha value is -1.68. The Bertz CT molecular complexity index is 745. The first-order valence-corrected chi connectivity index (χ1v) is 10.8. The third-order valence-corrected chi connectivity index (χ3v) is 6.62. The van der Waals surface area contributed by atoms with Gasteiger partial charge in [0.15, 0.2) is 5.96 Å². The van der Waals surface area contributed by atoms with E-state index >= 15 is 0 Å². The van der Waals surface area contributed by atoms with Gasteiger partial charge in [-0.1, -0.05) is 12.1 Å². The van der Waals surface area contributed by atoms with Crippen LogP contribution in [0.5, 0.6) is 0 Å². The maximum Gasteiger partial charge on any atom is 0.240 e. The van der Waals surface area contributed by atoms with Crippen molar-refractivity contribution in [2.75, 3.05) is 53.5 Å². The van der Waals surface area contributed by atoms with Crippen molar-refractivity contribution >= 4 is 16.0 Å². The highest BCUT2D eigenvalue weighted by Crippen LogP contribution is 2.17. The van der Waals surface area contributed by atoms with Crippen LogP contribution in [0.2, 0.25) is 0 Å². The van der Waals surface area contributed by atoms with Crippen molar-refractivity contribution < 1.29 is 13.2 Å². The fourth-order valence-corrected chi connectivity index (χ4v) is 4.32. The Morgan fingerprint density at radius 1 is 1.22 bits per heavy atom. The lowest BCUT2D eigenvalue weighted by Crippen LogP contribution is -2.46. The Kier molecular flexibility index (Phi) is 6.69. The molecule has 2 fully saturated rings. The Balaban J connectivity index is 1.53. The molecule has 1 atom stereocenters. The molecular weight excluding hydrogens is 366 g/mol. The predicted molar refractivity (Wildman–Crippen MR) is 105 cm³/mol. The summed E-state index contributed by atoms with van der Waals surface area (Å²) in [7, 11) is -0.186. The highest BCUT2D eigenvalue weighted by molar-refractivity contribution is 7.89. The molecule has 2 heterocycles. The van der Waals surface area contributed by atoms with Gasteiger partial charge in [0, 0.05) is 45.8 Å². The molecule has 150 valence electrons. The molecular formula is C18H29N5O3S. The quantitative estimate of drug-likeness (QED) is 0.542. The number of nitrogens with zero attached hydrogens (tertiary/aromatic N) is 3. The number of likely N-dealkylation sites (tertiary alicyclic amines) is 1. The molecule has 0 aromatic heterocycles. The van der Waals surface area contributed by atoms with E-state index in [9.17, 15) is 8.42 Å². The monoisotopic (exact) mass is 395 g/mol. The van der Waals surface area contributed by atoms with Gasteiger partial charge in [-0.3, -0.25) is 9.89 Å². The van der Waals surface area contributed by atoms with E-state index in [2.05, 4.69) is 24.8 Å². The van der Waals surface area contributed by atoms with Gasteiger partial charge in [-0.25, -0.2) is 13.1 Å². The standard InChI is InChI=1S/C18H29N5O3S/c1-19-18(23-8-7-16(14-23)22-9-11-26-12-10-22)21-13-15-3-5-17(6-4-15)27(24,25)20-2/h3-6,16,20H,7-14H2,1-2H3,(H,19,21). The molecule has 0 amide bonds. The van der Waals surface area contributed by atoms with E-state index in [4.69, 9.17) is 4.74 Å². The highest BCUT2D eigenvalue weighted by Gasteiger charge is 2.30. The van der Waals surface area contributed by atoms with E-state index in [1.54, 1.807) is 19.2 Å². The van der Waals surface area contributed by atoms with Crippen molar-refractivity contribution in [2.45, 2.75) is 23.9 Å². The topological polar surface area (TPSA) is 86.3 Å². The van der Waals surface area contributed by atoms with Crippen molar-refractivity contribution in [3.05, 3.63) is 29.8 Å². The number of nitrogens with one attached hydrogen (secondary N) is 2. The van der Waals surface area contributed by atoms with Gasteiger partial charge in [0.2, 0.25) is 10.0 Å². The Morgan fingerprint density at radius 3 is 2.56 bits per heavy atom. The van der Waals surface area contributed by atoms with Crippen LogP contribution in [-0.4, -0.2) is 83.7 Å². The van der Waals surface area contributed by atoms with Crippen molar-refractivity contribution in [1.29, 1.82) is 0 Å². The molecule has 27 heavy (non-hydrogen) atoms. The summed E-state index contributed by atoms with van der Waals surface area (Å²) in [6.07, 6.45) is 1.14. The number of morpholine rings is 1. The zero-order chi connectivity index (χ0) is 19.3. The minimum atomic E-state index is -3.40. The summed E-state index contributed by atoms with van der Waals surface area (Å²) in [5, 5.41) is 3.39. The second-order valence-corrected chi connectivity index (χ2v) is 8.68. The van der Waals surface area contributed by atoms with Crippen molar-refractivity contribution in [2.24, 2.45) is 4.99 Å². The second kappa shape index (κ2) is 9.01. The van der Waals surface area contributed by atoms with Crippen molar-refractivity contribution in [1.82, 2.24) is 19.8 Å². The van der Waals surface area contributed by atoms with Crippen LogP contribution < -0.4 is 10.0 Å². The fraction of sp³-hybridized carbons (Fsp3) is 0.611. The summed E-state index contributed by atoms with van der Waals surface area (Å²) in [6.45, 7) is 6.22. The van der Waals surface area contributed by atoms with Gasteiger partial charge < -0.3 is 15.0 Å². The van der Waals surface area contributed by atoms with Crippen LogP contribution in [0.1, 0.15) is 12.0 Å². The largest absolute Gasteiger partial charge is 0.379 e. The van der Waals surface area contributed by atoms with Crippen molar-refractivity contribution in [3.63, 3.8) is 0 Å². The molecule has 0 spiro atoms. The van der Waals surface area contributed by atoms with E-state index in [1.165, 1.54) is 7.05 Å². The van der Waals surface area contributed by atoms with Crippen LogP contribution in [0.3, 0.4) is 0 Å². The number of ether oxygens (including phenoxy) is 1. The zero-order valence-corrected chi connectivity index (χ0v) is 16.8. The summed E-state index contributed by atoms with van der Waals surface area (Å²) in [5.74, 6) is 0.887. The molecule has 2 saturated heterocycles. The number of guanidine groups is 1. The van der Waals surface area contributed by atoms with Crippen molar-refractivity contribution in [3.8, 4) is 0 Å². The zero-order valence-electron chi connectivity index (χ0n) is 16.0. The van der Waals surface area contributed by atoms with Gasteiger partial charge in [0.25, 0.3) is 0 Å². The first-order valence-electron chi connectivity index (χ1n) is 9.33. The van der Waals surface area contributed by atoms with Crippen LogP contribution in [0.25, 0.3) is 0 Å². The number of rotatable bonds is 5. The first kappa shape index (κ1) is 20.1. The summed E-state index contributed by atoms with van der Waals surface area (Å²) < 4.78 is 31.4. The minimum absolute atomic E-state index is 0.269. The molecule has 0 saturated carbocycles. The van der Waals surface area contributed by atoms with E-state index < -0.39 is 10.0 Å². The smallest absolute Gasteiger partial charge is 0.240 e. The molecule has 0 bridgehead atoms. The van der Waals surface area contributed by atoms with Crippen LogP contribution in [0.4, 0.5) is 0 Å². The number of benzene rings is 1. The normalized spacial score (nSPS) is 22.2. The summed E-state index contributed by atoms with van der Waals surface area (Å²) in [6, 6.07) is 7.44. The van der Waals surface area contributed by atoms with Crippen LogP contribution in [0.15, 0.2) is 34.2 Å². The van der Waals surface area contributed by atoms with E-state index in [1.807, 2.05) is 12.1 Å². The lowest BCUT2D eigenvalue weighted by atomic mass is 10.2. The molecule has 1 aromatic carbocycles. The molecule has 2 N–H and O–H groups in total. The highest BCUT2D eigenvalue weighted by atomic mass is 32.2. The molecule has 1 unspecified atom stereocenters. The lowest BCUT2D eigenvalue weighted by Gasteiger charge is -2.32. The summed E-state index contributed by atoms with van der Waals surface area (Å²) in [5.41, 5.74) is 1.01. The minimum Gasteiger partial charge on any atom is -0.379 e. The lowest BCUT2D eigenvalue weighted by molar-refractivity contribution is 0.0195. The molecule has 1 aromatic rings. The average Bonchev–Trinajstić information content (AvgIpc) is 3.19. The fourth-order valence-electron chi connectivity index (χ4n) is 3.59. The van der Waals surface area contributed by atoms with Gasteiger partial charge in [0.1, 0.15) is 0 Å². The third kappa shape index (κ3) is 4.98. The molecule has 9 heteroatoms. The van der Waals surface area contributed by atoms with Crippen LogP contribution in [-0.2, 0) is 21.3 Å². The van der Waals surface area contributed by atoms with Crippen LogP contribution >= 0.6 is 0 Å². The number of hydrogen-bond acceptors (Lipinski definition) is 5. The van der Waals surface area contributed by atoms with E-state index in [-0.39, 0.29) is 4.90 Å². The number of sulfonamides is 1. The summed E-state index contributed by atoms with van der Waals surface area (Å²) in [4.78, 5) is 9.49. The Labute approximate surface area is 161 Å². The van der Waals surface area contributed by atoms with Gasteiger partial charge in [-0.05, 0) is 31.2 Å². The van der Waals surface area contributed by atoms with Gasteiger partial charge in [-0.15, -0.1) is 0 Å². The SMILES string of the molecule is CN=C(NCc1ccc(S(=O)(=O)NC)cc1)N1CCC(N2CCOCC2)C1. The number of hydrogen-bond donors (Lipinski definition) is 2. The Morgan fingerprint density at radius 2 is 1.93 bits per heavy atom. The number of aliphatic imine (C=N–C) groups is 1. The third-order valence-electron chi connectivity index (χ3n) is 5.19. The first-order chi connectivity index (χ1) is 13.0. The summed E-state index contributed by atoms with van der Waals surface area (Å²) >= 11 is 0. The molecule has 0 radical (unpaired) electrons. The van der Waals surface area contributed by atoms with Gasteiger partial charge in [0.05, 0.1) is 18.1 Å². The predicted octanol–water partition coefficient (Wildman–Crippen LogP) is 0.0766. The molecule has 2 aliphatic rings. The van der Waals surface area contributed by atoms with Gasteiger partial charge >= 0.3 is 0 Å². The van der Waals surface area contributed by atoms with Crippen LogP contribution in [0, 0.1) is 0 Å². The maximum absolute atomic E-state index is 11.8. The van der Waals surface area contributed by atoms with E-state index in [0.717, 1.165) is 57.3 Å². The average molecular weight is 396 g/mol. The van der Waals surface area contributed by atoms with E-state index in [0.29, 0.717) is 12.6 Å². The molecule has 8 nitrogen and oxygen atoms in total. The van der Waals surface area contributed by atoms with Gasteiger partial charge in [-0.2, -0.15) is 0 Å².